The lowest BCUT2D eigenvalue weighted by molar-refractivity contribution is 0.422. The van der Waals surface area contributed by atoms with Crippen LogP contribution in [0.2, 0.25) is 5.02 Å². The maximum absolute atomic E-state index is 12.6. The van der Waals surface area contributed by atoms with Crippen molar-refractivity contribution in [1.29, 1.82) is 0 Å². The maximum atomic E-state index is 12.6. The Balaban J connectivity index is 1.76. The standard InChI is InChI=1S/C15H23ClN4O/c1-2-17-12-5-7-19(8-6-12)14-13(16)9-18-20(15(14)21)10-11-3-4-11/h9,11-12,17H,2-8,10H2,1H3. The highest BCUT2D eigenvalue weighted by Gasteiger charge is 2.26. The van der Waals surface area contributed by atoms with Crippen LogP contribution in [0.3, 0.4) is 0 Å². The fraction of sp³-hybridized carbons (Fsp3) is 0.733. The van der Waals surface area contributed by atoms with Crippen LogP contribution in [0.1, 0.15) is 32.6 Å². The van der Waals surface area contributed by atoms with E-state index < -0.39 is 0 Å². The second-order valence-electron chi connectivity index (χ2n) is 6.09. The predicted octanol–water partition coefficient (Wildman–Crippen LogP) is 1.89. The quantitative estimate of drug-likeness (QED) is 0.902. The van der Waals surface area contributed by atoms with Gasteiger partial charge in [0.1, 0.15) is 5.69 Å². The third kappa shape index (κ3) is 3.40. The first-order valence-electron chi connectivity index (χ1n) is 7.93. The molecule has 0 unspecified atom stereocenters. The molecule has 0 radical (unpaired) electrons. The Bertz CT molecular complexity index is 547. The molecule has 1 aliphatic heterocycles. The van der Waals surface area contributed by atoms with Gasteiger partial charge in [0.15, 0.2) is 0 Å². The number of aromatic nitrogens is 2. The van der Waals surface area contributed by atoms with Crippen molar-refractivity contribution in [3.05, 3.63) is 21.6 Å². The third-order valence-electron chi connectivity index (χ3n) is 4.41. The molecule has 116 valence electrons. The van der Waals surface area contributed by atoms with Crippen LogP contribution in [0.4, 0.5) is 5.69 Å². The SMILES string of the molecule is CCNC1CCN(c2c(Cl)cnn(CC3CC3)c2=O)CC1. The van der Waals surface area contributed by atoms with Crippen molar-refractivity contribution in [2.45, 2.75) is 45.2 Å². The molecule has 1 saturated heterocycles. The Morgan fingerprint density at radius 3 is 2.67 bits per heavy atom. The van der Waals surface area contributed by atoms with Gasteiger partial charge in [-0.15, -0.1) is 0 Å². The van der Waals surface area contributed by atoms with Gasteiger partial charge in [0, 0.05) is 25.7 Å². The summed E-state index contributed by atoms with van der Waals surface area (Å²) < 4.78 is 1.59. The predicted molar refractivity (Wildman–Crippen MR) is 85.1 cm³/mol. The average molecular weight is 311 g/mol. The van der Waals surface area contributed by atoms with E-state index >= 15 is 0 Å². The van der Waals surface area contributed by atoms with Gasteiger partial charge in [-0.05, 0) is 38.1 Å². The Hall–Kier alpha value is -1.07. The first-order chi connectivity index (χ1) is 10.2. The summed E-state index contributed by atoms with van der Waals surface area (Å²) in [5.41, 5.74) is 0.610. The fourth-order valence-electron chi connectivity index (χ4n) is 3.02. The number of halogens is 1. The summed E-state index contributed by atoms with van der Waals surface area (Å²) in [7, 11) is 0. The molecule has 0 atom stereocenters. The normalized spacial score (nSPS) is 20.0. The van der Waals surface area contributed by atoms with Crippen LogP contribution in [-0.4, -0.2) is 35.5 Å². The van der Waals surface area contributed by atoms with Crippen molar-refractivity contribution in [2.75, 3.05) is 24.5 Å². The minimum absolute atomic E-state index is 0.0312. The molecule has 1 aromatic heterocycles. The zero-order valence-electron chi connectivity index (χ0n) is 12.5. The Morgan fingerprint density at radius 1 is 1.33 bits per heavy atom. The van der Waals surface area contributed by atoms with Gasteiger partial charge in [0.2, 0.25) is 0 Å². The molecule has 21 heavy (non-hydrogen) atoms. The van der Waals surface area contributed by atoms with Crippen LogP contribution in [0, 0.1) is 5.92 Å². The van der Waals surface area contributed by atoms with Crippen molar-refractivity contribution in [1.82, 2.24) is 15.1 Å². The van der Waals surface area contributed by atoms with Gasteiger partial charge in [-0.25, -0.2) is 4.68 Å². The van der Waals surface area contributed by atoms with Crippen molar-refractivity contribution in [3.63, 3.8) is 0 Å². The first-order valence-corrected chi connectivity index (χ1v) is 8.30. The van der Waals surface area contributed by atoms with E-state index in [0.717, 1.165) is 39.0 Å². The van der Waals surface area contributed by atoms with Crippen molar-refractivity contribution >= 4 is 17.3 Å². The van der Waals surface area contributed by atoms with E-state index in [0.29, 0.717) is 22.7 Å². The molecule has 0 bridgehead atoms. The number of hydrogen-bond acceptors (Lipinski definition) is 4. The van der Waals surface area contributed by atoms with Crippen molar-refractivity contribution < 1.29 is 0 Å². The zero-order valence-corrected chi connectivity index (χ0v) is 13.3. The van der Waals surface area contributed by atoms with Gasteiger partial charge >= 0.3 is 0 Å². The molecule has 2 fully saturated rings. The fourth-order valence-corrected chi connectivity index (χ4v) is 3.26. The summed E-state index contributed by atoms with van der Waals surface area (Å²) in [6.45, 7) is 5.61. The highest BCUT2D eigenvalue weighted by Crippen LogP contribution is 2.30. The van der Waals surface area contributed by atoms with E-state index in [1.807, 2.05) is 0 Å². The van der Waals surface area contributed by atoms with Gasteiger partial charge in [-0.2, -0.15) is 5.10 Å². The Kier molecular flexibility index (Phi) is 4.50. The minimum Gasteiger partial charge on any atom is -0.366 e. The summed E-state index contributed by atoms with van der Waals surface area (Å²) in [4.78, 5) is 14.7. The molecule has 0 amide bonds. The molecule has 2 heterocycles. The molecule has 1 N–H and O–H groups in total. The van der Waals surface area contributed by atoms with Gasteiger partial charge < -0.3 is 10.2 Å². The van der Waals surface area contributed by atoms with Crippen LogP contribution in [0.5, 0.6) is 0 Å². The summed E-state index contributed by atoms with van der Waals surface area (Å²) >= 11 is 6.25. The molecule has 5 nitrogen and oxygen atoms in total. The Labute approximate surface area is 130 Å². The van der Waals surface area contributed by atoms with E-state index in [-0.39, 0.29) is 5.56 Å². The second kappa shape index (κ2) is 6.36. The van der Waals surface area contributed by atoms with Crippen LogP contribution in [-0.2, 0) is 6.54 Å². The van der Waals surface area contributed by atoms with Crippen LogP contribution >= 0.6 is 11.6 Å². The van der Waals surface area contributed by atoms with Gasteiger partial charge in [0.05, 0.1) is 11.2 Å². The van der Waals surface area contributed by atoms with E-state index in [1.165, 1.54) is 12.8 Å². The smallest absolute Gasteiger partial charge is 0.291 e. The molecule has 1 saturated carbocycles. The average Bonchev–Trinajstić information content (AvgIpc) is 3.28. The molecule has 1 aliphatic carbocycles. The minimum atomic E-state index is -0.0312. The molecular formula is C15H23ClN4O. The topological polar surface area (TPSA) is 50.2 Å². The molecule has 0 aromatic carbocycles. The lowest BCUT2D eigenvalue weighted by Gasteiger charge is -2.33. The van der Waals surface area contributed by atoms with Crippen LogP contribution in [0.25, 0.3) is 0 Å². The second-order valence-corrected chi connectivity index (χ2v) is 6.50. The number of nitrogens with zero attached hydrogens (tertiary/aromatic N) is 3. The van der Waals surface area contributed by atoms with Crippen molar-refractivity contribution in [2.24, 2.45) is 5.92 Å². The summed E-state index contributed by atoms with van der Waals surface area (Å²) in [6.07, 6.45) is 6.14. The first kappa shape index (κ1) is 14.9. The maximum Gasteiger partial charge on any atom is 0.291 e. The molecular weight excluding hydrogens is 288 g/mol. The number of anilines is 1. The molecule has 6 heteroatoms. The lowest BCUT2D eigenvalue weighted by atomic mass is 10.0. The van der Waals surface area contributed by atoms with E-state index in [1.54, 1.807) is 10.9 Å². The number of rotatable bonds is 5. The molecule has 2 aliphatic rings. The summed E-state index contributed by atoms with van der Waals surface area (Å²) in [5, 5.41) is 8.15. The van der Waals surface area contributed by atoms with E-state index in [2.05, 4.69) is 22.2 Å². The molecule has 3 rings (SSSR count). The monoisotopic (exact) mass is 310 g/mol. The van der Waals surface area contributed by atoms with Gasteiger partial charge in [0.25, 0.3) is 5.56 Å². The van der Waals surface area contributed by atoms with Crippen molar-refractivity contribution in [3.8, 4) is 0 Å². The third-order valence-corrected chi connectivity index (χ3v) is 4.68. The van der Waals surface area contributed by atoms with Crippen LogP contribution in [0.15, 0.2) is 11.0 Å². The Morgan fingerprint density at radius 2 is 2.05 bits per heavy atom. The highest BCUT2D eigenvalue weighted by molar-refractivity contribution is 6.33. The molecule has 1 aromatic rings. The lowest BCUT2D eigenvalue weighted by Crippen LogP contribution is -2.45. The summed E-state index contributed by atoms with van der Waals surface area (Å²) in [5.74, 6) is 0.628. The largest absolute Gasteiger partial charge is 0.366 e. The zero-order chi connectivity index (χ0) is 14.8. The van der Waals surface area contributed by atoms with Gasteiger partial charge in [-0.3, -0.25) is 4.79 Å². The number of nitrogens with one attached hydrogen (secondary N) is 1. The number of piperidine rings is 1. The van der Waals surface area contributed by atoms with Crippen LogP contribution < -0.4 is 15.8 Å². The molecule has 0 spiro atoms. The van der Waals surface area contributed by atoms with E-state index in [4.69, 9.17) is 11.6 Å². The van der Waals surface area contributed by atoms with E-state index in [9.17, 15) is 4.79 Å². The number of hydrogen-bond donors (Lipinski definition) is 1. The highest BCUT2D eigenvalue weighted by atomic mass is 35.5. The van der Waals surface area contributed by atoms with Gasteiger partial charge in [-0.1, -0.05) is 18.5 Å². The summed E-state index contributed by atoms with van der Waals surface area (Å²) in [6, 6.07) is 0.556.